The second kappa shape index (κ2) is 5.88. The number of nitrogens with two attached hydrogens (primary N) is 1. The highest BCUT2D eigenvalue weighted by Gasteiger charge is 2.64. The molecule has 0 saturated carbocycles. The van der Waals surface area contributed by atoms with Gasteiger partial charge >= 0.3 is 0 Å². The third-order valence-corrected chi connectivity index (χ3v) is 4.87. The van der Waals surface area contributed by atoms with Crippen LogP contribution in [0.15, 0.2) is 30.3 Å². The molecule has 1 aliphatic rings. The Hall–Kier alpha value is -0.620. The highest BCUT2D eigenvalue weighted by Crippen LogP contribution is 2.41. The molecule has 5 atom stereocenters. The molecule has 0 bridgehead atoms. The van der Waals surface area contributed by atoms with E-state index in [0.717, 1.165) is 0 Å². The average molecular weight is 409 g/mol. The maximum atomic E-state index is 12.5. The van der Waals surface area contributed by atoms with Crippen molar-refractivity contribution in [2.24, 2.45) is 5.73 Å². The summed E-state index contributed by atoms with van der Waals surface area (Å²) in [6, 6.07) is 7.81. The van der Waals surface area contributed by atoms with Gasteiger partial charge in [0.05, 0.1) is 6.61 Å². The van der Waals surface area contributed by atoms with Crippen LogP contribution in [0.2, 0.25) is 0 Å². The summed E-state index contributed by atoms with van der Waals surface area (Å²) in [6.45, 7) is -0.685. The first-order chi connectivity index (χ1) is 9.75. The number of hydrogen-bond acceptors (Lipinski definition) is 7. The van der Waals surface area contributed by atoms with Gasteiger partial charge in [-0.25, -0.2) is 0 Å². The summed E-state index contributed by atoms with van der Waals surface area (Å²) >= 11 is 1.47. The molecule has 8 heteroatoms. The van der Waals surface area contributed by atoms with Gasteiger partial charge in [-0.15, -0.1) is 0 Å². The maximum absolute atomic E-state index is 12.5. The molecule has 0 aliphatic carbocycles. The molecule has 0 amide bonds. The van der Waals surface area contributed by atoms with Gasteiger partial charge in [0, 0.05) is 5.56 Å². The van der Waals surface area contributed by atoms with E-state index in [0.29, 0.717) is 0 Å². The Balaban J connectivity index is 2.45. The zero-order chi connectivity index (χ0) is 15.8. The predicted molar refractivity (Wildman–Crippen MR) is 80.6 cm³/mol. The van der Waals surface area contributed by atoms with Crippen molar-refractivity contribution in [3.63, 3.8) is 0 Å². The van der Waals surface area contributed by atoms with Crippen molar-refractivity contribution in [2.75, 3.05) is 6.61 Å². The molecule has 7 nitrogen and oxygen atoms in total. The van der Waals surface area contributed by atoms with Gasteiger partial charge < -0.3 is 30.9 Å². The van der Waals surface area contributed by atoms with Gasteiger partial charge in [-0.2, -0.15) is 0 Å². The summed E-state index contributed by atoms with van der Waals surface area (Å²) in [5.41, 5.74) is 5.98. The zero-order valence-electron chi connectivity index (χ0n) is 10.9. The molecule has 1 aliphatic heterocycles. The van der Waals surface area contributed by atoms with Crippen LogP contribution < -0.4 is 5.73 Å². The van der Waals surface area contributed by atoms with Crippen LogP contribution in [0.25, 0.3) is 0 Å². The van der Waals surface area contributed by atoms with Gasteiger partial charge in [0.25, 0.3) is 5.79 Å². The Bertz CT molecular complexity index is 525. The number of Topliss-reactive ketones (excluding diaryl/α,β-unsaturated/α-hetero) is 1. The third kappa shape index (κ3) is 2.61. The van der Waals surface area contributed by atoms with E-state index in [9.17, 15) is 25.2 Å². The number of aliphatic hydroxyl groups excluding tert-OH is 3. The van der Waals surface area contributed by atoms with Crippen molar-refractivity contribution >= 4 is 28.4 Å². The summed E-state index contributed by atoms with van der Waals surface area (Å²) in [4.78, 5) is 12.5. The van der Waals surface area contributed by atoms with E-state index in [2.05, 4.69) is 0 Å². The van der Waals surface area contributed by atoms with Gasteiger partial charge in [0.1, 0.15) is 18.3 Å². The van der Waals surface area contributed by atoms with Gasteiger partial charge in [-0.3, -0.25) is 4.79 Å². The summed E-state index contributed by atoms with van der Waals surface area (Å²) in [6.07, 6.45) is -4.52. The molecule has 1 heterocycles. The average Bonchev–Trinajstić information content (AvgIpc) is 2.49. The molecule has 0 radical (unpaired) electrons. The highest BCUT2D eigenvalue weighted by molar-refractivity contribution is 14.1. The smallest absolute Gasteiger partial charge is 0.262 e. The van der Waals surface area contributed by atoms with E-state index >= 15 is 0 Å². The molecule has 0 aromatic heterocycles. The van der Waals surface area contributed by atoms with Crippen molar-refractivity contribution in [2.45, 2.75) is 27.6 Å². The fraction of sp³-hybridized carbons (Fsp3) is 0.462. The first-order valence-electron chi connectivity index (χ1n) is 6.20. The van der Waals surface area contributed by atoms with Crippen LogP contribution in [-0.4, -0.2) is 60.5 Å². The molecule has 1 fully saturated rings. The Morgan fingerprint density at radius 2 is 1.90 bits per heavy atom. The molecular formula is C13H16INO6. The normalized spacial score (nSPS) is 40.0. The molecule has 1 unspecified atom stereocenters. The van der Waals surface area contributed by atoms with E-state index in [-0.39, 0.29) is 5.56 Å². The molecule has 21 heavy (non-hydrogen) atoms. The lowest BCUT2D eigenvalue weighted by Gasteiger charge is -2.50. The number of rotatable bonds is 3. The summed E-state index contributed by atoms with van der Waals surface area (Å²) < 4.78 is 3.17. The molecule has 1 aromatic rings. The molecule has 1 aromatic carbocycles. The van der Waals surface area contributed by atoms with Crippen LogP contribution in [0, 0.1) is 0 Å². The molecule has 116 valence electrons. The number of ether oxygens (including phenoxy) is 1. The molecule has 0 spiro atoms. The maximum Gasteiger partial charge on any atom is 0.262 e. The Morgan fingerprint density at radius 1 is 1.33 bits per heavy atom. The van der Waals surface area contributed by atoms with Crippen molar-refractivity contribution < 1.29 is 30.0 Å². The minimum atomic E-state index is -2.58. The first kappa shape index (κ1) is 16.7. The minimum absolute atomic E-state index is 0.131. The van der Waals surface area contributed by atoms with Crippen molar-refractivity contribution in [3.8, 4) is 0 Å². The summed E-state index contributed by atoms with van der Waals surface area (Å²) in [5, 5.41) is 39.7. The number of aliphatic hydroxyl groups is 4. The van der Waals surface area contributed by atoms with E-state index in [1.54, 1.807) is 18.2 Å². The summed E-state index contributed by atoms with van der Waals surface area (Å²) in [5.74, 6) is -3.44. The number of carbonyl (C=O) groups is 1. The third-order valence-electron chi connectivity index (χ3n) is 3.50. The van der Waals surface area contributed by atoms with E-state index < -0.39 is 40.0 Å². The lowest BCUT2D eigenvalue weighted by atomic mass is 9.86. The number of carbonyl (C=O) groups excluding carboxylic acids is 1. The Labute approximate surface area is 134 Å². The zero-order valence-corrected chi connectivity index (χ0v) is 13.0. The SMILES string of the molecule is N[C@]1(I)[C@@H](O)[C@H](O)[C@@H](CO)OC1(O)C(=O)c1ccccc1. The second-order valence-corrected chi connectivity index (χ2v) is 6.67. The number of halogens is 1. The molecule has 6 N–H and O–H groups in total. The highest BCUT2D eigenvalue weighted by atomic mass is 127. The predicted octanol–water partition coefficient (Wildman–Crippen LogP) is -1.24. The topological polar surface area (TPSA) is 133 Å². The molecule has 2 rings (SSSR count). The van der Waals surface area contributed by atoms with Crippen LogP contribution in [0.5, 0.6) is 0 Å². The van der Waals surface area contributed by atoms with Crippen LogP contribution in [0.3, 0.4) is 0 Å². The lowest BCUT2D eigenvalue weighted by molar-refractivity contribution is -0.290. The van der Waals surface area contributed by atoms with Gasteiger partial charge in [-0.1, -0.05) is 52.9 Å². The second-order valence-electron chi connectivity index (χ2n) is 4.88. The Kier molecular flexibility index (Phi) is 4.69. The van der Waals surface area contributed by atoms with Crippen LogP contribution in [0.1, 0.15) is 10.4 Å². The van der Waals surface area contributed by atoms with Crippen molar-refractivity contribution in [1.82, 2.24) is 0 Å². The number of hydrogen-bond donors (Lipinski definition) is 5. The number of benzene rings is 1. The van der Waals surface area contributed by atoms with E-state index in [4.69, 9.17) is 10.5 Å². The van der Waals surface area contributed by atoms with Crippen LogP contribution >= 0.6 is 22.6 Å². The van der Waals surface area contributed by atoms with Crippen molar-refractivity contribution in [1.29, 1.82) is 0 Å². The van der Waals surface area contributed by atoms with E-state index in [1.807, 2.05) is 0 Å². The monoisotopic (exact) mass is 409 g/mol. The van der Waals surface area contributed by atoms with Gasteiger partial charge in [0.15, 0.2) is 3.55 Å². The van der Waals surface area contributed by atoms with Crippen molar-refractivity contribution in [3.05, 3.63) is 35.9 Å². The fourth-order valence-corrected chi connectivity index (χ4v) is 2.93. The quantitative estimate of drug-likeness (QED) is 0.183. The fourth-order valence-electron chi connectivity index (χ4n) is 2.19. The van der Waals surface area contributed by atoms with E-state index in [1.165, 1.54) is 34.7 Å². The largest absolute Gasteiger partial charge is 0.394 e. The summed E-state index contributed by atoms with van der Waals surface area (Å²) in [7, 11) is 0. The molecule has 1 saturated heterocycles. The minimum Gasteiger partial charge on any atom is -0.394 e. The van der Waals surface area contributed by atoms with Crippen LogP contribution in [-0.2, 0) is 4.74 Å². The van der Waals surface area contributed by atoms with Crippen LogP contribution in [0.4, 0.5) is 0 Å². The number of ketones is 1. The Morgan fingerprint density at radius 3 is 2.43 bits per heavy atom. The number of alkyl halides is 1. The molecular weight excluding hydrogens is 393 g/mol. The van der Waals surface area contributed by atoms with Gasteiger partial charge in [-0.05, 0) is 0 Å². The standard InChI is InChI=1S/C13H16INO6/c14-12(15)11(19)9(17)8(6-16)21-13(12,20)10(18)7-4-2-1-3-5-7/h1-5,8-9,11,16-17,19-20H,6,15H2/t8-,9-,11+,12-,13?/m1/s1. The first-order valence-corrected chi connectivity index (χ1v) is 7.28. The van der Waals surface area contributed by atoms with Gasteiger partial charge in [0.2, 0.25) is 5.78 Å². The lowest BCUT2D eigenvalue weighted by Crippen LogP contribution is -2.76.